The van der Waals surface area contributed by atoms with Crippen LogP contribution in [0.15, 0.2) is 97.1 Å². The molecule has 234 valence electrons. The molecule has 1 saturated heterocycles. The Kier molecular flexibility index (Phi) is 9.73. The molecule has 2 amide bonds. The number of nitrogens with one attached hydrogen (secondary N) is 2. The number of alkyl halides is 3. The number of piperazine rings is 1. The predicted molar refractivity (Wildman–Crippen MR) is 169 cm³/mol. The highest BCUT2D eigenvalue weighted by atomic mass is 19.4. The Hall–Kier alpha value is -4.83. The van der Waals surface area contributed by atoms with Gasteiger partial charge >= 0.3 is 6.18 Å². The van der Waals surface area contributed by atoms with E-state index < -0.39 is 17.6 Å². The Labute approximate surface area is 260 Å². The summed E-state index contributed by atoms with van der Waals surface area (Å²) in [6.07, 6.45) is -4.45. The van der Waals surface area contributed by atoms with Crippen LogP contribution < -0.4 is 20.3 Å². The molecule has 0 aromatic heterocycles. The second-order valence-electron chi connectivity index (χ2n) is 10.7. The van der Waals surface area contributed by atoms with E-state index in [1.54, 1.807) is 18.2 Å². The molecule has 4 aromatic carbocycles. The van der Waals surface area contributed by atoms with Crippen LogP contribution in [0.3, 0.4) is 0 Å². The summed E-state index contributed by atoms with van der Waals surface area (Å²) in [6.45, 7) is 5.36. The molecule has 1 unspecified atom stereocenters. The van der Waals surface area contributed by atoms with Gasteiger partial charge in [0.2, 0.25) is 5.91 Å². The van der Waals surface area contributed by atoms with Gasteiger partial charge in [0.05, 0.1) is 18.2 Å². The molecule has 1 aliphatic heterocycles. The first-order chi connectivity index (χ1) is 21.7. The van der Waals surface area contributed by atoms with Crippen molar-refractivity contribution >= 4 is 23.2 Å². The average molecular weight is 617 g/mol. The quantitative estimate of drug-likeness (QED) is 0.221. The molecular weight excluding hydrogens is 581 g/mol. The van der Waals surface area contributed by atoms with E-state index >= 15 is 0 Å². The summed E-state index contributed by atoms with van der Waals surface area (Å²) in [7, 11) is 1.48. The number of amides is 2. The molecule has 0 bridgehead atoms. The summed E-state index contributed by atoms with van der Waals surface area (Å²) < 4.78 is 44.6. The third kappa shape index (κ3) is 7.46. The van der Waals surface area contributed by atoms with Gasteiger partial charge in [0.25, 0.3) is 5.91 Å². The first kappa shape index (κ1) is 31.6. The molecule has 0 radical (unpaired) electrons. The molecule has 0 saturated carbocycles. The fraction of sp³-hybridized carbons (Fsp3) is 0.257. The van der Waals surface area contributed by atoms with Gasteiger partial charge in [-0.25, -0.2) is 0 Å². The minimum Gasteiger partial charge on any atom is -0.497 e. The predicted octanol–water partition coefficient (Wildman–Crippen LogP) is 6.63. The summed E-state index contributed by atoms with van der Waals surface area (Å²) in [6, 6.07) is 26.6. The maximum atomic E-state index is 13.4. The van der Waals surface area contributed by atoms with E-state index in [2.05, 4.69) is 20.4 Å². The molecular formula is C35H35F3N4O3. The Morgan fingerprint density at radius 3 is 2.13 bits per heavy atom. The number of hydrogen-bond donors (Lipinski definition) is 2. The summed E-state index contributed by atoms with van der Waals surface area (Å²) >= 11 is 0. The lowest BCUT2D eigenvalue weighted by atomic mass is 9.97. The lowest BCUT2D eigenvalue weighted by Crippen LogP contribution is -2.51. The van der Waals surface area contributed by atoms with Crippen LogP contribution >= 0.6 is 0 Å². The van der Waals surface area contributed by atoms with Crippen LogP contribution in [0, 0.1) is 0 Å². The lowest BCUT2D eigenvalue weighted by molar-refractivity contribution is -0.137. The lowest BCUT2D eigenvalue weighted by Gasteiger charge is -2.39. The maximum Gasteiger partial charge on any atom is 0.416 e. The van der Waals surface area contributed by atoms with E-state index in [1.165, 1.54) is 19.2 Å². The van der Waals surface area contributed by atoms with Gasteiger partial charge < -0.3 is 20.3 Å². The van der Waals surface area contributed by atoms with Crippen molar-refractivity contribution in [3.63, 3.8) is 0 Å². The van der Waals surface area contributed by atoms with Crippen molar-refractivity contribution in [1.29, 1.82) is 0 Å². The third-order valence-electron chi connectivity index (χ3n) is 7.88. The van der Waals surface area contributed by atoms with Crippen LogP contribution in [-0.2, 0) is 11.0 Å². The number of benzene rings is 4. The van der Waals surface area contributed by atoms with E-state index in [0.29, 0.717) is 42.2 Å². The van der Waals surface area contributed by atoms with E-state index in [1.807, 2.05) is 61.5 Å². The van der Waals surface area contributed by atoms with Crippen molar-refractivity contribution in [3.05, 3.63) is 114 Å². The summed E-state index contributed by atoms with van der Waals surface area (Å²) in [5.74, 6) is 0.0317. The van der Waals surface area contributed by atoms with Crippen LogP contribution in [-0.4, -0.2) is 56.5 Å². The number of likely N-dealkylation sites (N-methyl/N-ethyl adjacent to an activating group) is 1. The van der Waals surface area contributed by atoms with Crippen LogP contribution in [0.1, 0.15) is 34.5 Å². The third-order valence-corrected chi connectivity index (χ3v) is 7.88. The first-order valence-corrected chi connectivity index (χ1v) is 14.8. The van der Waals surface area contributed by atoms with Gasteiger partial charge in [-0.05, 0) is 78.2 Å². The van der Waals surface area contributed by atoms with Crippen molar-refractivity contribution < 1.29 is 27.5 Å². The number of carbonyl (C=O) groups is 2. The van der Waals surface area contributed by atoms with Gasteiger partial charge in [0.1, 0.15) is 11.8 Å². The van der Waals surface area contributed by atoms with Crippen LogP contribution in [0.2, 0.25) is 0 Å². The molecule has 10 heteroatoms. The summed E-state index contributed by atoms with van der Waals surface area (Å²) in [5.41, 5.74) is 3.01. The van der Waals surface area contributed by atoms with Crippen LogP contribution in [0.4, 0.5) is 24.5 Å². The molecule has 1 atom stereocenters. The highest BCUT2D eigenvalue weighted by Crippen LogP contribution is 2.33. The SMILES string of the molecule is CCNC(=O)C(c1ccccc1)N1CCN(c2ccc(NC(=O)c3cc(OC)ccc3-c3ccc(C(F)(F)F)cc3)cc2)CC1. The molecule has 45 heavy (non-hydrogen) atoms. The zero-order valence-corrected chi connectivity index (χ0v) is 25.1. The molecule has 2 N–H and O–H groups in total. The zero-order chi connectivity index (χ0) is 32.0. The second kappa shape index (κ2) is 13.9. The zero-order valence-electron chi connectivity index (χ0n) is 25.1. The highest BCUT2D eigenvalue weighted by molar-refractivity contribution is 6.09. The molecule has 1 aliphatic rings. The van der Waals surface area contributed by atoms with Gasteiger partial charge in [0.15, 0.2) is 0 Å². The van der Waals surface area contributed by atoms with Crippen molar-refractivity contribution in [2.45, 2.75) is 19.1 Å². The largest absolute Gasteiger partial charge is 0.497 e. The Morgan fingerprint density at radius 1 is 0.867 bits per heavy atom. The van der Waals surface area contributed by atoms with Crippen LogP contribution in [0.5, 0.6) is 5.75 Å². The number of nitrogens with zero attached hydrogens (tertiary/aromatic N) is 2. The summed E-state index contributed by atoms with van der Waals surface area (Å²) in [5, 5.41) is 5.87. The average Bonchev–Trinajstić information content (AvgIpc) is 3.05. The van der Waals surface area contributed by atoms with Gasteiger partial charge in [0, 0.05) is 44.1 Å². The van der Waals surface area contributed by atoms with Gasteiger partial charge in [-0.3, -0.25) is 14.5 Å². The van der Waals surface area contributed by atoms with E-state index in [-0.39, 0.29) is 17.5 Å². The minimum absolute atomic E-state index is 0.00485. The molecule has 7 nitrogen and oxygen atoms in total. The smallest absolute Gasteiger partial charge is 0.416 e. The molecule has 1 fully saturated rings. The van der Waals surface area contributed by atoms with E-state index in [4.69, 9.17) is 4.74 Å². The Morgan fingerprint density at radius 2 is 1.53 bits per heavy atom. The Balaban J connectivity index is 1.26. The number of methoxy groups -OCH3 is 1. The Bertz CT molecular complexity index is 1600. The molecule has 5 rings (SSSR count). The number of halogens is 3. The number of rotatable bonds is 9. The van der Waals surface area contributed by atoms with E-state index in [0.717, 1.165) is 36.5 Å². The van der Waals surface area contributed by atoms with Crippen molar-refractivity contribution in [2.75, 3.05) is 50.1 Å². The number of carbonyl (C=O) groups excluding carboxylic acids is 2. The maximum absolute atomic E-state index is 13.4. The van der Waals surface area contributed by atoms with E-state index in [9.17, 15) is 22.8 Å². The standard InChI is InChI=1S/C35H35F3N4O3/c1-3-39-34(44)32(25-7-5-4-6-8-25)42-21-19-41(20-22-42)28-15-13-27(14-16-28)40-33(43)31-23-29(45-2)17-18-30(31)24-9-11-26(12-10-24)35(36,37)38/h4-18,23,32H,3,19-22H2,1-2H3,(H,39,44)(H,40,43). The monoisotopic (exact) mass is 616 g/mol. The minimum atomic E-state index is -4.45. The van der Waals surface area contributed by atoms with Crippen LogP contribution in [0.25, 0.3) is 11.1 Å². The molecule has 1 heterocycles. The van der Waals surface area contributed by atoms with Crippen molar-refractivity contribution in [2.24, 2.45) is 0 Å². The van der Waals surface area contributed by atoms with Crippen molar-refractivity contribution in [1.82, 2.24) is 10.2 Å². The van der Waals surface area contributed by atoms with Gasteiger partial charge in [-0.15, -0.1) is 0 Å². The van der Waals surface area contributed by atoms with Gasteiger partial charge in [-0.2, -0.15) is 13.2 Å². The summed E-state index contributed by atoms with van der Waals surface area (Å²) in [4.78, 5) is 30.8. The molecule has 0 spiro atoms. The fourth-order valence-electron chi connectivity index (χ4n) is 5.56. The number of ether oxygens (including phenoxy) is 1. The van der Waals surface area contributed by atoms with Crippen molar-refractivity contribution in [3.8, 4) is 16.9 Å². The second-order valence-corrected chi connectivity index (χ2v) is 10.7. The van der Waals surface area contributed by atoms with Gasteiger partial charge in [-0.1, -0.05) is 42.5 Å². The normalized spacial score (nSPS) is 14.5. The molecule has 4 aromatic rings. The molecule has 0 aliphatic carbocycles. The fourth-order valence-corrected chi connectivity index (χ4v) is 5.56. The topological polar surface area (TPSA) is 73.9 Å². The number of anilines is 2. The highest BCUT2D eigenvalue weighted by Gasteiger charge is 2.31. The first-order valence-electron chi connectivity index (χ1n) is 14.8. The number of hydrogen-bond acceptors (Lipinski definition) is 5.